The van der Waals surface area contributed by atoms with Crippen LogP contribution in [0.4, 0.5) is 0 Å². The lowest BCUT2D eigenvalue weighted by Crippen LogP contribution is -2.21. The molecule has 0 aliphatic rings. The largest absolute Gasteiger partial charge is 0.481 e. The van der Waals surface area contributed by atoms with Crippen LogP contribution in [0.1, 0.15) is 13.8 Å². The Bertz CT molecular complexity index is 130. The number of hydrogen-bond donors (Lipinski definition) is 2. The summed E-state index contributed by atoms with van der Waals surface area (Å²) >= 11 is 1.61. The summed E-state index contributed by atoms with van der Waals surface area (Å²) in [5.74, 6) is -0.188. The van der Waals surface area contributed by atoms with Crippen molar-refractivity contribution in [3.8, 4) is 0 Å². The lowest BCUT2D eigenvalue weighted by molar-refractivity contribution is -0.140. The molecule has 0 bridgehead atoms. The molecule has 0 radical (unpaired) electrons. The van der Waals surface area contributed by atoms with Gasteiger partial charge >= 0.3 is 5.97 Å². The van der Waals surface area contributed by atoms with Crippen LogP contribution < -0.4 is 5.73 Å². The van der Waals surface area contributed by atoms with Gasteiger partial charge in [-0.25, -0.2) is 0 Å². The maximum absolute atomic E-state index is 10.5. The second kappa shape index (κ2) is 5.43. The van der Waals surface area contributed by atoms with Crippen LogP contribution in [0.3, 0.4) is 0 Å². The fourth-order valence-electron chi connectivity index (χ4n) is 0.599. The molecule has 3 nitrogen and oxygen atoms in total. The first-order chi connectivity index (χ1) is 5.09. The van der Waals surface area contributed by atoms with Gasteiger partial charge in [-0.15, -0.1) is 0 Å². The van der Waals surface area contributed by atoms with Gasteiger partial charge in [0.05, 0.1) is 5.92 Å². The van der Waals surface area contributed by atoms with Crippen LogP contribution in [0.5, 0.6) is 0 Å². The van der Waals surface area contributed by atoms with Crippen molar-refractivity contribution in [2.24, 2.45) is 11.7 Å². The average Bonchev–Trinajstić information content (AvgIpc) is 1.98. The minimum atomic E-state index is -0.734. The molecular formula is C7H15NO2S. The number of rotatable bonds is 5. The normalized spacial score (nSPS) is 15.9. The van der Waals surface area contributed by atoms with Gasteiger partial charge in [-0.3, -0.25) is 4.79 Å². The molecule has 0 saturated carbocycles. The third-order valence-electron chi connectivity index (χ3n) is 1.59. The number of carbonyl (C=O) groups is 1. The maximum Gasteiger partial charge on any atom is 0.307 e. The minimum absolute atomic E-state index is 0.149. The van der Waals surface area contributed by atoms with Crippen molar-refractivity contribution in [2.75, 3.05) is 12.3 Å². The molecule has 0 saturated heterocycles. The molecule has 2 atom stereocenters. The zero-order chi connectivity index (χ0) is 8.85. The fraction of sp³-hybridized carbons (Fsp3) is 0.857. The van der Waals surface area contributed by atoms with E-state index in [1.807, 2.05) is 6.92 Å². The summed E-state index contributed by atoms with van der Waals surface area (Å²) < 4.78 is 0. The number of thioether (sulfide) groups is 1. The smallest absolute Gasteiger partial charge is 0.307 e. The molecule has 0 heterocycles. The van der Waals surface area contributed by atoms with Gasteiger partial charge in [-0.1, -0.05) is 13.8 Å². The van der Waals surface area contributed by atoms with Crippen molar-refractivity contribution in [2.45, 2.75) is 19.1 Å². The first-order valence-corrected chi connectivity index (χ1v) is 4.69. The molecule has 0 spiro atoms. The monoisotopic (exact) mass is 177 g/mol. The lowest BCUT2D eigenvalue weighted by Gasteiger charge is -2.14. The van der Waals surface area contributed by atoms with Crippen molar-refractivity contribution in [3.05, 3.63) is 0 Å². The van der Waals surface area contributed by atoms with E-state index in [0.29, 0.717) is 6.54 Å². The Hall–Kier alpha value is -0.220. The number of carboxylic acids is 1. The van der Waals surface area contributed by atoms with Crippen LogP contribution in [0, 0.1) is 5.92 Å². The number of carboxylic acid groups (broad SMARTS) is 1. The summed E-state index contributed by atoms with van der Waals surface area (Å²) in [6.45, 7) is 4.25. The van der Waals surface area contributed by atoms with E-state index < -0.39 is 5.97 Å². The summed E-state index contributed by atoms with van der Waals surface area (Å²) in [6, 6.07) is 0. The summed E-state index contributed by atoms with van der Waals surface area (Å²) in [4.78, 5) is 10.5. The first kappa shape index (κ1) is 10.8. The topological polar surface area (TPSA) is 63.3 Å². The summed E-state index contributed by atoms with van der Waals surface area (Å²) in [7, 11) is 0. The van der Waals surface area contributed by atoms with Crippen LogP contribution in [0.15, 0.2) is 0 Å². The van der Waals surface area contributed by atoms with Crippen LogP contribution in [-0.4, -0.2) is 28.6 Å². The molecule has 0 aliphatic heterocycles. The second-order valence-corrected chi connectivity index (χ2v) is 3.98. The van der Waals surface area contributed by atoms with Crippen molar-refractivity contribution >= 4 is 17.7 Å². The first-order valence-electron chi connectivity index (χ1n) is 3.64. The Morgan fingerprint density at radius 3 is 2.55 bits per heavy atom. The Morgan fingerprint density at radius 1 is 1.64 bits per heavy atom. The molecule has 0 aromatic heterocycles. The van der Waals surface area contributed by atoms with Crippen LogP contribution in [0.2, 0.25) is 0 Å². The zero-order valence-electron chi connectivity index (χ0n) is 6.91. The average molecular weight is 177 g/mol. The predicted octanol–water partition coefficient (Wildman–Crippen LogP) is 0.788. The van der Waals surface area contributed by atoms with Crippen molar-refractivity contribution in [3.63, 3.8) is 0 Å². The van der Waals surface area contributed by atoms with Crippen LogP contribution in [-0.2, 0) is 4.79 Å². The molecule has 4 heteroatoms. The SMILES string of the molecule is CC(SCCN)C(C)C(=O)O. The van der Waals surface area contributed by atoms with Gasteiger partial charge in [0, 0.05) is 17.5 Å². The molecule has 0 aliphatic carbocycles. The van der Waals surface area contributed by atoms with Gasteiger partial charge in [-0.2, -0.15) is 11.8 Å². The Balaban J connectivity index is 3.63. The standard InChI is InChI=1S/C7H15NO2S/c1-5(7(9)10)6(2)11-4-3-8/h5-6H,3-4,8H2,1-2H3,(H,9,10). The molecule has 0 rings (SSSR count). The van der Waals surface area contributed by atoms with Gasteiger partial charge in [0.2, 0.25) is 0 Å². The Morgan fingerprint density at radius 2 is 2.18 bits per heavy atom. The van der Waals surface area contributed by atoms with E-state index in [2.05, 4.69) is 0 Å². The minimum Gasteiger partial charge on any atom is -0.481 e. The van der Waals surface area contributed by atoms with E-state index in [-0.39, 0.29) is 11.2 Å². The molecule has 2 unspecified atom stereocenters. The summed E-state index contributed by atoms with van der Waals surface area (Å²) in [5.41, 5.74) is 5.28. The van der Waals surface area contributed by atoms with E-state index >= 15 is 0 Å². The predicted molar refractivity (Wildman–Crippen MR) is 47.8 cm³/mol. The van der Waals surface area contributed by atoms with E-state index in [0.717, 1.165) is 5.75 Å². The summed E-state index contributed by atoms with van der Waals surface area (Å²) in [5, 5.41) is 8.76. The van der Waals surface area contributed by atoms with Crippen LogP contribution >= 0.6 is 11.8 Å². The quantitative estimate of drug-likeness (QED) is 0.651. The molecule has 66 valence electrons. The van der Waals surface area contributed by atoms with Crippen molar-refractivity contribution in [1.82, 2.24) is 0 Å². The number of hydrogen-bond acceptors (Lipinski definition) is 3. The highest BCUT2D eigenvalue weighted by molar-refractivity contribution is 7.99. The summed E-state index contributed by atoms with van der Waals surface area (Å²) in [6.07, 6.45) is 0. The number of aliphatic carboxylic acids is 1. The fourth-order valence-corrected chi connectivity index (χ4v) is 1.51. The molecule has 0 fully saturated rings. The zero-order valence-corrected chi connectivity index (χ0v) is 7.73. The lowest BCUT2D eigenvalue weighted by atomic mass is 10.1. The molecule has 0 aromatic carbocycles. The second-order valence-electron chi connectivity index (χ2n) is 2.49. The highest BCUT2D eigenvalue weighted by Gasteiger charge is 2.18. The highest BCUT2D eigenvalue weighted by atomic mass is 32.2. The highest BCUT2D eigenvalue weighted by Crippen LogP contribution is 2.18. The third-order valence-corrected chi connectivity index (χ3v) is 3.00. The van der Waals surface area contributed by atoms with E-state index in [9.17, 15) is 4.79 Å². The van der Waals surface area contributed by atoms with Gasteiger partial charge in [0.25, 0.3) is 0 Å². The number of nitrogens with two attached hydrogens (primary N) is 1. The van der Waals surface area contributed by atoms with Crippen molar-refractivity contribution < 1.29 is 9.90 Å². The van der Waals surface area contributed by atoms with E-state index in [1.165, 1.54) is 0 Å². The molecule has 3 N–H and O–H groups in total. The van der Waals surface area contributed by atoms with E-state index in [4.69, 9.17) is 10.8 Å². The van der Waals surface area contributed by atoms with E-state index in [1.54, 1.807) is 18.7 Å². The molecule has 0 aromatic rings. The third kappa shape index (κ3) is 4.27. The van der Waals surface area contributed by atoms with Gasteiger partial charge in [0.1, 0.15) is 0 Å². The van der Waals surface area contributed by atoms with Crippen LogP contribution in [0.25, 0.3) is 0 Å². The Kier molecular flexibility index (Phi) is 5.32. The molecular weight excluding hydrogens is 162 g/mol. The maximum atomic E-state index is 10.5. The van der Waals surface area contributed by atoms with Gasteiger partial charge in [-0.05, 0) is 0 Å². The Labute approximate surface area is 71.3 Å². The van der Waals surface area contributed by atoms with Gasteiger partial charge < -0.3 is 10.8 Å². The molecule has 0 amide bonds. The van der Waals surface area contributed by atoms with Gasteiger partial charge in [0.15, 0.2) is 0 Å². The molecule has 11 heavy (non-hydrogen) atoms. The van der Waals surface area contributed by atoms with Crippen molar-refractivity contribution in [1.29, 1.82) is 0 Å².